The van der Waals surface area contributed by atoms with Crippen LogP contribution in [0, 0.1) is 6.92 Å². The van der Waals surface area contributed by atoms with Crippen LogP contribution in [0.1, 0.15) is 59.7 Å². The lowest BCUT2D eigenvalue weighted by atomic mass is 9.82. The maximum absolute atomic E-state index is 13.9. The second kappa shape index (κ2) is 9.60. The van der Waals surface area contributed by atoms with Gasteiger partial charge in [-0.2, -0.15) is 0 Å². The summed E-state index contributed by atoms with van der Waals surface area (Å²) < 4.78 is 5.36. The molecular weight excluding hydrogens is 394 g/mol. The molecule has 1 atom stereocenters. The third-order valence-electron chi connectivity index (χ3n) is 7.00. The van der Waals surface area contributed by atoms with Gasteiger partial charge in [0.1, 0.15) is 5.75 Å². The molecule has 166 valence electrons. The molecule has 0 saturated carbocycles. The van der Waals surface area contributed by atoms with Gasteiger partial charge in [-0.05, 0) is 86.9 Å². The fourth-order valence-corrected chi connectivity index (χ4v) is 5.01. The maximum atomic E-state index is 13.9. The third-order valence-corrected chi connectivity index (χ3v) is 7.00. The van der Waals surface area contributed by atoms with Crippen molar-refractivity contribution < 1.29 is 9.53 Å². The lowest BCUT2D eigenvalue weighted by Crippen LogP contribution is -2.51. The maximum Gasteiger partial charge on any atom is 0.259 e. The van der Waals surface area contributed by atoms with E-state index in [0.29, 0.717) is 0 Å². The molecule has 4 rings (SSSR count). The van der Waals surface area contributed by atoms with Crippen molar-refractivity contribution in [3.63, 3.8) is 0 Å². The molecule has 0 N–H and O–H groups in total. The van der Waals surface area contributed by atoms with E-state index in [0.717, 1.165) is 61.1 Å². The number of hydrogen-bond donors (Lipinski definition) is 0. The van der Waals surface area contributed by atoms with Crippen LogP contribution in [-0.2, 0) is 12.8 Å². The molecule has 1 unspecified atom stereocenters. The highest BCUT2D eigenvalue weighted by atomic mass is 16.5. The summed E-state index contributed by atoms with van der Waals surface area (Å²) in [5, 5.41) is 0. The molecule has 3 nitrogen and oxygen atoms in total. The normalized spacial score (nSPS) is 18.2. The Morgan fingerprint density at radius 3 is 2.38 bits per heavy atom. The van der Waals surface area contributed by atoms with Crippen molar-refractivity contribution in [1.82, 2.24) is 0 Å². The molecule has 0 aromatic heterocycles. The molecule has 0 saturated heterocycles. The molecule has 3 aromatic rings. The van der Waals surface area contributed by atoms with Gasteiger partial charge in [-0.3, -0.25) is 4.79 Å². The Hall–Kier alpha value is -3.07. The van der Waals surface area contributed by atoms with Crippen molar-refractivity contribution in [2.24, 2.45) is 0 Å². The van der Waals surface area contributed by atoms with Crippen LogP contribution in [0.3, 0.4) is 0 Å². The lowest BCUT2D eigenvalue weighted by molar-refractivity contribution is 0.0949. The van der Waals surface area contributed by atoms with Crippen LogP contribution in [0.4, 0.5) is 5.69 Å². The fourth-order valence-electron chi connectivity index (χ4n) is 5.01. The van der Waals surface area contributed by atoms with E-state index in [-0.39, 0.29) is 11.4 Å². The Morgan fingerprint density at radius 1 is 0.969 bits per heavy atom. The standard InChI is InChI=1S/C29H33NO2/c1-4-29(20-7-8-23-13-11-22(2)12-14-23)21-19-24-9-5-6-10-27(24)28(31)30(29)25-15-17-26(32-3)18-16-25/h5-6,9-18H,4,7-8,19-21H2,1-3H3. The predicted octanol–water partition coefficient (Wildman–Crippen LogP) is 6.77. The zero-order valence-corrected chi connectivity index (χ0v) is 19.4. The zero-order valence-electron chi connectivity index (χ0n) is 19.4. The summed E-state index contributed by atoms with van der Waals surface area (Å²) in [6, 6.07) is 24.9. The third kappa shape index (κ3) is 4.43. The Labute approximate surface area is 192 Å². The number of carbonyl (C=O) groups excluding carboxylic acids is 1. The smallest absolute Gasteiger partial charge is 0.259 e. The number of hydrogen-bond acceptors (Lipinski definition) is 2. The Balaban J connectivity index is 1.68. The van der Waals surface area contributed by atoms with Gasteiger partial charge < -0.3 is 9.64 Å². The van der Waals surface area contributed by atoms with Crippen molar-refractivity contribution >= 4 is 11.6 Å². The second-order valence-electron chi connectivity index (χ2n) is 8.91. The van der Waals surface area contributed by atoms with Crippen molar-refractivity contribution in [2.75, 3.05) is 12.0 Å². The Bertz CT molecular complexity index is 1060. The number of fused-ring (bicyclic) bond motifs is 1. The molecular formula is C29H33NO2. The van der Waals surface area contributed by atoms with Crippen LogP contribution >= 0.6 is 0 Å². The number of aryl methyl sites for hydroxylation is 3. The van der Waals surface area contributed by atoms with Crippen molar-refractivity contribution in [2.45, 2.75) is 57.9 Å². The number of nitrogens with zero attached hydrogens (tertiary/aromatic N) is 1. The van der Waals surface area contributed by atoms with Crippen LogP contribution < -0.4 is 9.64 Å². The number of benzene rings is 3. The van der Waals surface area contributed by atoms with Crippen molar-refractivity contribution in [1.29, 1.82) is 0 Å². The van der Waals surface area contributed by atoms with E-state index in [4.69, 9.17) is 4.74 Å². The summed E-state index contributed by atoms with van der Waals surface area (Å²) in [7, 11) is 1.67. The zero-order chi connectivity index (χ0) is 22.6. The minimum absolute atomic E-state index is 0.112. The van der Waals surface area contributed by atoms with Gasteiger partial charge >= 0.3 is 0 Å². The first-order valence-electron chi connectivity index (χ1n) is 11.7. The fraction of sp³-hybridized carbons (Fsp3) is 0.345. The van der Waals surface area contributed by atoms with Crippen LogP contribution in [0.15, 0.2) is 72.8 Å². The second-order valence-corrected chi connectivity index (χ2v) is 8.91. The molecule has 1 aliphatic heterocycles. The largest absolute Gasteiger partial charge is 0.497 e. The van der Waals surface area contributed by atoms with E-state index in [1.807, 2.05) is 42.5 Å². The highest BCUT2D eigenvalue weighted by molar-refractivity contribution is 6.08. The van der Waals surface area contributed by atoms with Gasteiger partial charge in [0, 0.05) is 16.8 Å². The van der Waals surface area contributed by atoms with Crippen LogP contribution in [-0.4, -0.2) is 18.6 Å². The minimum atomic E-state index is -0.213. The highest BCUT2D eigenvalue weighted by Crippen LogP contribution is 2.40. The SMILES string of the molecule is CCC1(CCCc2ccc(C)cc2)CCc2ccccc2C(=O)N1c1ccc(OC)cc1. The van der Waals surface area contributed by atoms with E-state index in [2.05, 4.69) is 49.1 Å². The molecule has 0 bridgehead atoms. The molecule has 1 heterocycles. The first-order chi connectivity index (χ1) is 15.6. The lowest BCUT2D eigenvalue weighted by Gasteiger charge is -2.43. The average Bonchev–Trinajstić information content (AvgIpc) is 2.95. The van der Waals surface area contributed by atoms with E-state index in [1.165, 1.54) is 11.1 Å². The minimum Gasteiger partial charge on any atom is -0.497 e. The van der Waals surface area contributed by atoms with Crippen molar-refractivity contribution in [3.05, 3.63) is 95.1 Å². The first kappa shape index (κ1) is 22.1. The summed E-state index contributed by atoms with van der Waals surface area (Å²) in [4.78, 5) is 16.0. The molecule has 0 fully saturated rings. The summed E-state index contributed by atoms with van der Waals surface area (Å²) in [5.41, 5.74) is 5.37. The van der Waals surface area contributed by atoms with Gasteiger partial charge in [-0.15, -0.1) is 0 Å². The summed E-state index contributed by atoms with van der Waals surface area (Å²) in [6.07, 6.45) is 5.86. The monoisotopic (exact) mass is 427 g/mol. The molecule has 0 aliphatic carbocycles. The molecule has 3 heteroatoms. The molecule has 1 amide bonds. The number of carbonyl (C=O) groups is 1. The highest BCUT2D eigenvalue weighted by Gasteiger charge is 2.41. The summed E-state index contributed by atoms with van der Waals surface area (Å²) >= 11 is 0. The topological polar surface area (TPSA) is 29.5 Å². The van der Waals surface area contributed by atoms with Crippen molar-refractivity contribution in [3.8, 4) is 5.75 Å². The van der Waals surface area contributed by atoms with Gasteiger partial charge in [-0.1, -0.05) is 55.0 Å². The van der Waals surface area contributed by atoms with E-state index in [9.17, 15) is 4.79 Å². The molecule has 0 radical (unpaired) electrons. The summed E-state index contributed by atoms with van der Waals surface area (Å²) in [5.74, 6) is 0.915. The first-order valence-corrected chi connectivity index (χ1v) is 11.7. The van der Waals surface area contributed by atoms with Gasteiger partial charge in [0.15, 0.2) is 0 Å². The quantitative estimate of drug-likeness (QED) is 0.416. The van der Waals surface area contributed by atoms with Gasteiger partial charge in [0.2, 0.25) is 0 Å². The van der Waals surface area contributed by atoms with Gasteiger partial charge in [-0.25, -0.2) is 0 Å². The molecule has 3 aromatic carbocycles. The Morgan fingerprint density at radius 2 is 1.69 bits per heavy atom. The van der Waals surface area contributed by atoms with E-state index < -0.39 is 0 Å². The van der Waals surface area contributed by atoms with E-state index >= 15 is 0 Å². The van der Waals surface area contributed by atoms with Crippen LogP contribution in [0.5, 0.6) is 5.75 Å². The molecule has 32 heavy (non-hydrogen) atoms. The summed E-state index contributed by atoms with van der Waals surface area (Å²) in [6.45, 7) is 4.35. The van der Waals surface area contributed by atoms with E-state index in [1.54, 1.807) is 7.11 Å². The average molecular weight is 428 g/mol. The van der Waals surface area contributed by atoms with Gasteiger partial charge in [0.05, 0.1) is 7.11 Å². The van der Waals surface area contributed by atoms with Crippen LogP contribution in [0.25, 0.3) is 0 Å². The number of anilines is 1. The number of amides is 1. The Kier molecular flexibility index (Phi) is 6.64. The van der Waals surface area contributed by atoms with Gasteiger partial charge in [0.25, 0.3) is 5.91 Å². The number of methoxy groups -OCH3 is 1. The predicted molar refractivity (Wildman–Crippen MR) is 132 cm³/mol. The molecule has 0 spiro atoms. The number of ether oxygens (including phenoxy) is 1. The molecule has 1 aliphatic rings. The number of rotatable bonds is 7. The van der Waals surface area contributed by atoms with Crippen LogP contribution in [0.2, 0.25) is 0 Å².